The molecule has 0 aliphatic heterocycles. The molecule has 1 aromatic carbocycles. The van der Waals surface area contributed by atoms with Gasteiger partial charge >= 0.3 is 0 Å². The van der Waals surface area contributed by atoms with Crippen LogP contribution in [0.2, 0.25) is 0 Å². The Hall–Kier alpha value is -1.14. The first-order chi connectivity index (χ1) is 8.98. The van der Waals surface area contributed by atoms with Crippen molar-refractivity contribution in [2.75, 3.05) is 13.1 Å². The summed E-state index contributed by atoms with van der Waals surface area (Å²) < 4.78 is 73.2. The summed E-state index contributed by atoms with van der Waals surface area (Å²) in [6.45, 7) is -2.21. The zero-order valence-electron chi connectivity index (χ0n) is 10.1. The third-order valence-corrected chi connectivity index (χ3v) is 4.57. The molecule has 0 aromatic heterocycles. The molecule has 7 nitrogen and oxygen atoms in total. The van der Waals surface area contributed by atoms with Gasteiger partial charge in [-0.15, -0.1) is 0 Å². The molecule has 0 unspecified atom stereocenters. The largest absolute Gasteiger partial charge is 0.325 e. The Morgan fingerprint density at radius 2 is 1.70 bits per heavy atom. The minimum atomic E-state index is -4.29. The molecule has 0 aliphatic carbocycles. The zero-order valence-corrected chi connectivity index (χ0v) is 11.7. The molecule has 0 atom stereocenters. The van der Waals surface area contributed by atoms with E-state index in [9.17, 15) is 25.6 Å². The van der Waals surface area contributed by atoms with E-state index in [0.29, 0.717) is 0 Å². The highest BCUT2D eigenvalue weighted by molar-refractivity contribution is 7.90. The maximum Gasteiger partial charge on any atom is 0.273 e. The van der Waals surface area contributed by atoms with E-state index in [1.807, 2.05) is 0 Å². The van der Waals surface area contributed by atoms with Crippen molar-refractivity contribution in [3.05, 3.63) is 24.3 Å². The lowest BCUT2D eigenvalue weighted by molar-refractivity contribution is 0.0170. The minimum absolute atomic E-state index is 0.439. The fraction of sp³-hybridized carbons (Fsp3) is 0.333. The number of halogens is 2. The second kappa shape index (κ2) is 5.69. The molecular weight excluding hydrogens is 316 g/mol. The number of hydrogen-bond donors (Lipinski definition) is 3. The van der Waals surface area contributed by atoms with Gasteiger partial charge in [-0.25, -0.2) is 35.5 Å². The third kappa shape index (κ3) is 4.45. The first-order valence-electron chi connectivity index (χ1n) is 5.18. The van der Waals surface area contributed by atoms with Gasteiger partial charge in [0.2, 0.25) is 20.0 Å². The summed E-state index contributed by atoms with van der Waals surface area (Å²) >= 11 is 0. The second-order valence-corrected chi connectivity index (χ2v) is 7.23. The van der Waals surface area contributed by atoms with Gasteiger partial charge in [-0.2, -0.15) is 0 Å². The van der Waals surface area contributed by atoms with Crippen LogP contribution in [-0.4, -0.2) is 35.8 Å². The van der Waals surface area contributed by atoms with Gasteiger partial charge in [-0.1, -0.05) is 6.07 Å². The van der Waals surface area contributed by atoms with Crippen LogP contribution >= 0.6 is 0 Å². The summed E-state index contributed by atoms with van der Waals surface area (Å²) in [7, 11) is -8.39. The Kier molecular flexibility index (Phi) is 4.82. The van der Waals surface area contributed by atoms with E-state index in [0.717, 1.165) is 24.3 Å². The van der Waals surface area contributed by atoms with E-state index >= 15 is 0 Å². The van der Waals surface area contributed by atoms with Crippen LogP contribution in [0.25, 0.3) is 0 Å². The predicted octanol–water partition coefficient (Wildman–Crippen LogP) is -0.794. The van der Waals surface area contributed by atoms with Crippen molar-refractivity contribution in [2.45, 2.75) is 15.7 Å². The Balaban J connectivity index is 3.05. The van der Waals surface area contributed by atoms with Crippen LogP contribution in [0, 0.1) is 0 Å². The average Bonchev–Trinajstić information content (AvgIpc) is 2.36. The van der Waals surface area contributed by atoms with Crippen LogP contribution in [0.3, 0.4) is 0 Å². The molecule has 114 valence electrons. The number of nitrogens with two attached hydrogens (primary N) is 2. The summed E-state index contributed by atoms with van der Waals surface area (Å²) in [4.78, 5) is -0.928. The lowest BCUT2D eigenvalue weighted by Crippen LogP contribution is -2.41. The van der Waals surface area contributed by atoms with Crippen molar-refractivity contribution >= 4 is 20.0 Å². The lowest BCUT2D eigenvalue weighted by Gasteiger charge is -2.14. The highest BCUT2D eigenvalue weighted by atomic mass is 32.2. The van der Waals surface area contributed by atoms with Gasteiger partial charge in [-0.3, -0.25) is 0 Å². The van der Waals surface area contributed by atoms with Crippen molar-refractivity contribution in [3.63, 3.8) is 0 Å². The molecule has 0 radical (unpaired) electrons. The molecule has 0 fully saturated rings. The Labute approximate surface area is 115 Å². The van der Waals surface area contributed by atoms with E-state index in [2.05, 4.69) is 0 Å². The van der Waals surface area contributed by atoms with Crippen LogP contribution in [0.15, 0.2) is 34.1 Å². The highest BCUT2D eigenvalue weighted by Gasteiger charge is 2.29. The minimum Gasteiger partial charge on any atom is -0.325 e. The topological polar surface area (TPSA) is 132 Å². The van der Waals surface area contributed by atoms with Crippen molar-refractivity contribution < 1.29 is 25.6 Å². The quantitative estimate of drug-likeness (QED) is 0.629. The smallest absolute Gasteiger partial charge is 0.273 e. The van der Waals surface area contributed by atoms with Crippen LogP contribution in [0.4, 0.5) is 8.78 Å². The number of primary sulfonamides is 1. The summed E-state index contributed by atoms with van der Waals surface area (Å²) in [5.41, 5.74) is 4.77. The van der Waals surface area contributed by atoms with Crippen LogP contribution in [-0.2, 0) is 20.0 Å². The molecule has 0 saturated heterocycles. The van der Waals surface area contributed by atoms with Crippen LogP contribution in [0.1, 0.15) is 0 Å². The SMILES string of the molecule is NCC(F)(F)CNS(=O)(=O)c1cccc(S(N)(=O)=O)c1. The molecular formula is C9H13F2N3O4S2. The van der Waals surface area contributed by atoms with E-state index in [-0.39, 0.29) is 0 Å². The normalized spacial score (nSPS) is 13.4. The standard InChI is InChI=1S/C9H13F2N3O4S2/c10-9(11,5-12)6-14-20(17,18)8-3-1-2-7(4-8)19(13,15)16/h1-4,14H,5-6,12H2,(H2,13,15,16). The van der Waals surface area contributed by atoms with E-state index in [4.69, 9.17) is 10.9 Å². The van der Waals surface area contributed by atoms with E-state index in [1.54, 1.807) is 4.72 Å². The van der Waals surface area contributed by atoms with E-state index < -0.39 is 48.8 Å². The lowest BCUT2D eigenvalue weighted by atomic mass is 10.3. The summed E-state index contributed by atoms with van der Waals surface area (Å²) in [6.07, 6.45) is 0. The summed E-state index contributed by atoms with van der Waals surface area (Å²) in [6, 6.07) is 4.05. The molecule has 0 bridgehead atoms. The molecule has 0 aliphatic rings. The number of sulfonamides is 2. The van der Waals surface area contributed by atoms with Crippen molar-refractivity contribution in [3.8, 4) is 0 Å². The van der Waals surface area contributed by atoms with Gasteiger partial charge in [0.25, 0.3) is 5.92 Å². The molecule has 0 heterocycles. The van der Waals surface area contributed by atoms with E-state index in [1.165, 1.54) is 0 Å². The maximum absolute atomic E-state index is 12.9. The number of nitrogens with one attached hydrogen (secondary N) is 1. The van der Waals surface area contributed by atoms with Gasteiger partial charge in [0.15, 0.2) is 0 Å². The van der Waals surface area contributed by atoms with Crippen LogP contribution in [0.5, 0.6) is 0 Å². The molecule has 1 rings (SSSR count). The molecule has 0 spiro atoms. The number of alkyl halides is 2. The van der Waals surface area contributed by atoms with Crippen molar-refractivity contribution in [1.29, 1.82) is 0 Å². The first-order valence-corrected chi connectivity index (χ1v) is 8.21. The monoisotopic (exact) mass is 329 g/mol. The molecule has 0 amide bonds. The molecule has 5 N–H and O–H groups in total. The summed E-state index contributed by atoms with van der Waals surface area (Å²) in [5.74, 6) is -3.40. The Morgan fingerprint density at radius 3 is 2.20 bits per heavy atom. The van der Waals surface area contributed by atoms with Gasteiger partial charge in [0.05, 0.1) is 22.9 Å². The molecule has 20 heavy (non-hydrogen) atoms. The van der Waals surface area contributed by atoms with Gasteiger partial charge in [0, 0.05) is 0 Å². The molecule has 11 heteroatoms. The number of benzene rings is 1. The van der Waals surface area contributed by atoms with Crippen molar-refractivity contribution in [2.24, 2.45) is 10.9 Å². The zero-order chi connectivity index (χ0) is 15.6. The molecule has 0 saturated carbocycles. The highest BCUT2D eigenvalue weighted by Crippen LogP contribution is 2.16. The van der Waals surface area contributed by atoms with Crippen LogP contribution < -0.4 is 15.6 Å². The maximum atomic E-state index is 12.9. The first kappa shape index (κ1) is 16.9. The second-order valence-electron chi connectivity index (χ2n) is 3.90. The predicted molar refractivity (Wildman–Crippen MR) is 67.0 cm³/mol. The fourth-order valence-corrected chi connectivity index (χ4v) is 2.92. The third-order valence-electron chi connectivity index (χ3n) is 2.26. The number of rotatable bonds is 6. The summed E-state index contributed by atoms with van der Waals surface area (Å²) in [5, 5.41) is 4.85. The molecule has 1 aromatic rings. The average molecular weight is 329 g/mol. The Morgan fingerprint density at radius 1 is 1.15 bits per heavy atom. The Bertz CT molecular complexity index is 689. The number of hydrogen-bond acceptors (Lipinski definition) is 5. The van der Waals surface area contributed by atoms with Gasteiger partial charge < -0.3 is 5.73 Å². The van der Waals surface area contributed by atoms with Crippen molar-refractivity contribution in [1.82, 2.24) is 4.72 Å². The van der Waals surface area contributed by atoms with Gasteiger partial charge in [0.1, 0.15) is 0 Å². The van der Waals surface area contributed by atoms with Gasteiger partial charge in [-0.05, 0) is 18.2 Å². The fourth-order valence-electron chi connectivity index (χ4n) is 1.17.